The van der Waals surface area contributed by atoms with Crippen LogP contribution >= 0.6 is 0 Å². The first-order chi connectivity index (χ1) is 16.3. The Bertz CT molecular complexity index is 1330. The van der Waals surface area contributed by atoms with E-state index in [1.807, 2.05) is 11.4 Å². The Hall–Kier alpha value is -5.22. The fourth-order valence-electron chi connectivity index (χ4n) is 1.32. The van der Waals surface area contributed by atoms with Crippen molar-refractivity contribution < 1.29 is 65.1 Å². The van der Waals surface area contributed by atoms with E-state index in [1.54, 1.807) is 7.05 Å². The van der Waals surface area contributed by atoms with Crippen LogP contribution in [0.3, 0.4) is 0 Å². The van der Waals surface area contributed by atoms with Crippen LogP contribution in [0.1, 0.15) is 24.3 Å². The van der Waals surface area contributed by atoms with Crippen molar-refractivity contribution in [1.29, 1.82) is 0 Å². The minimum atomic E-state index is -2.40. The lowest BCUT2D eigenvalue weighted by atomic mass is 10.0. The third kappa shape index (κ3) is 15.6. The van der Waals surface area contributed by atoms with Crippen molar-refractivity contribution in [3.63, 3.8) is 0 Å². The molecule has 0 aromatic carbocycles. The second-order valence-electron chi connectivity index (χ2n) is 4.84. The molecule has 0 aromatic rings. The fraction of sp³-hybridized carbons (Fsp3) is 0.200. The molecule has 9 heteroatoms. The van der Waals surface area contributed by atoms with Gasteiger partial charge in [-0.1, -0.05) is 0 Å². The van der Waals surface area contributed by atoms with Gasteiger partial charge in [-0.3, -0.25) is 10.1 Å². The van der Waals surface area contributed by atoms with Crippen LogP contribution in [0.2, 0.25) is 0 Å². The zero-order chi connectivity index (χ0) is 26.2. The number of hydrogen-bond acceptors (Lipinski definition) is 6. The van der Waals surface area contributed by atoms with Gasteiger partial charge in [-0.2, -0.15) is 0 Å². The molecule has 1 amide bonds. The van der Waals surface area contributed by atoms with E-state index < -0.39 is 36.3 Å². The highest BCUT2D eigenvalue weighted by atomic mass is 16.4. The molecule has 0 heterocycles. The SMILES string of the molecule is C#CC#CC#CC#CC#CC#CC#CC#CC#CNC(=O)[C@@H](O)[C@H](O)[C@@H](O)[C@@H](O)C(=O)O.C[NH3+].[HH].[HH].[HH].[HH].[HH].[HH].[HH].[HH].[HH].[HH].[HH].[HH].[HH].[HH].[HH].[HH].[HH]. The van der Waals surface area contributed by atoms with Gasteiger partial charge in [-0.05, 0) is 47.4 Å². The number of carbonyl (C=O) groups is 2. The second kappa shape index (κ2) is 21.0. The third-order valence-corrected chi connectivity index (χ3v) is 2.71. The maximum atomic E-state index is 11.5. The number of terminal acetylenes is 1. The van der Waals surface area contributed by atoms with Gasteiger partial charge in [-0.15, -0.1) is 6.42 Å². The molecule has 202 valence electrons. The summed E-state index contributed by atoms with van der Waals surface area (Å²) >= 11 is 0. The van der Waals surface area contributed by atoms with Crippen LogP contribution in [-0.2, 0) is 9.59 Å². The standard InChI is InChI=1S/C24H11NO7.CH5N.17H2/c1-2-3-4-5-6-7-8-9-10-11-12-13-14-15-16-17-18-25-23(30)21(28)19(26)20(27)22(29)24(31)32;1-2;;;;;;;;;;;;;;;;;/h1,19-22,26-29H,(H,25,30)(H,31,32);2H2,1H3;17*1H/p+1/t19-,20-,21+,22-;;;;;;;;;;;;;;;;;;/m1................../s1. The Morgan fingerprint density at radius 1 is 0.676 bits per heavy atom. The zero-order valence-corrected chi connectivity index (χ0v) is 17.6. The van der Waals surface area contributed by atoms with Crippen LogP contribution in [0.15, 0.2) is 0 Å². The van der Waals surface area contributed by atoms with Crippen LogP contribution in [0.4, 0.5) is 0 Å². The van der Waals surface area contributed by atoms with Gasteiger partial charge in [0.1, 0.15) is 12.2 Å². The van der Waals surface area contributed by atoms with Gasteiger partial charge in [0.25, 0.3) is 5.91 Å². The third-order valence-electron chi connectivity index (χ3n) is 2.71. The van der Waals surface area contributed by atoms with Crippen LogP contribution in [0, 0.1) is 107 Å². The van der Waals surface area contributed by atoms with Gasteiger partial charge < -0.3 is 31.3 Å². The lowest BCUT2D eigenvalue weighted by Crippen LogP contribution is -2.52. The molecule has 0 aliphatic carbocycles. The molecule has 0 fully saturated rings. The Balaban J connectivity index is -0.0000000311. The van der Waals surface area contributed by atoms with Gasteiger partial charge in [0.15, 0.2) is 12.2 Å². The predicted molar refractivity (Wildman–Crippen MR) is 156 cm³/mol. The average Bonchev–Trinajstić information content (AvgIpc) is 2.84. The summed E-state index contributed by atoms with van der Waals surface area (Å²) in [6, 6.07) is 2.03. The minimum Gasteiger partial charge on any atom is -0.479 e. The highest BCUT2D eigenvalue weighted by Gasteiger charge is 2.37. The monoisotopic (exact) mass is 491 g/mol. The summed E-state index contributed by atoms with van der Waals surface area (Å²) in [5.74, 6) is 34.1. The molecule has 9 nitrogen and oxygen atoms in total. The van der Waals surface area contributed by atoms with Gasteiger partial charge >= 0.3 is 5.97 Å². The first kappa shape index (κ1) is 31.0. The molecule has 0 aliphatic heterocycles. The molecule has 0 radical (unpaired) electrons. The number of aliphatic hydroxyl groups is 4. The van der Waals surface area contributed by atoms with Gasteiger partial charge in [0.2, 0.25) is 0 Å². The van der Waals surface area contributed by atoms with Gasteiger partial charge in [-0.25, -0.2) is 4.79 Å². The summed E-state index contributed by atoms with van der Waals surface area (Å²) in [4.78, 5) is 22.0. The first-order valence-corrected chi connectivity index (χ1v) is 8.74. The largest absolute Gasteiger partial charge is 0.479 e. The fourth-order valence-corrected chi connectivity index (χ4v) is 1.32. The van der Waals surface area contributed by atoms with Gasteiger partial charge in [0.05, 0.1) is 7.05 Å². The maximum absolute atomic E-state index is 11.5. The smallest absolute Gasteiger partial charge is 0.335 e. The molecule has 0 spiro atoms. The van der Waals surface area contributed by atoms with E-state index >= 15 is 0 Å². The van der Waals surface area contributed by atoms with E-state index in [0.717, 1.165) is 0 Å². The zero-order valence-electron chi connectivity index (χ0n) is 17.6. The lowest BCUT2D eigenvalue weighted by molar-refractivity contribution is -0.325. The minimum absolute atomic E-state index is 0. The Kier molecular flexibility index (Phi) is 19.2. The second-order valence-corrected chi connectivity index (χ2v) is 4.84. The summed E-state index contributed by atoms with van der Waals surface area (Å²) in [5.41, 5.74) is 3.25. The number of hydrogen-bond donors (Lipinski definition) is 7. The molecule has 0 rings (SSSR count). The number of nitrogens with one attached hydrogen (secondary N) is 1. The van der Waals surface area contributed by atoms with Crippen molar-refractivity contribution in [2.24, 2.45) is 0 Å². The molecular weight excluding hydrogens is 440 g/mol. The normalized spacial score (nSPS) is 10.4. The molecule has 0 saturated heterocycles. The van der Waals surface area contributed by atoms with Gasteiger partial charge in [0, 0.05) is 77.7 Å². The Labute approximate surface area is 222 Å². The number of carboxylic acid groups (broad SMARTS) is 1. The number of aliphatic carboxylic acids is 1. The van der Waals surface area contributed by atoms with E-state index in [9.17, 15) is 24.9 Å². The summed E-state index contributed by atoms with van der Waals surface area (Å²) in [6.07, 6.45) is -4.33. The number of carbonyl (C=O) groups excluding carboxylic acids is 1. The van der Waals surface area contributed by atoms with E-state index in [0.29, 0.717) is 0 Å². The number of rotatable bonds is 5. The highest BCUT2D eigenvalue weighted by molar-refractivity contribution is 5.83. The Morgan fingerprint density at radius 3 is 1.35 bits per heavy atom. The van der Waals surface area contributed by atoms with E-state index in [1.165, 1.54) is 0 Å². The number of quaternary nitrogens is 1. The number of carboxylic acids is 1. The molecule has 0 bridgehead atoms. The number of amides is 1. The molecule has 9 N–H and O–H groups in total. The molecular formula is C25H51N2O7+. The van der Waals surface area contributed by atoms with Crippen LogP contribution < -0.4 is 11.1 Å². The van der Waals surface area contributed by atoms with E-state index in [-0.39, 0.29) is 24.3 Å². The molecule has 34 heavy (non-hydrogen) atoms. The van der Waals surface area contributed by atoms with Crippen molar-refractivity contribution >= 4 is 11.9 Å². The summed E-state index contributed by atoms with van der Waals surface area (Å²) in [5, 5.41) is 47.8. The first-order valence-electron chi connectivity index (χ1n) is 8.74. The summed E-state index contributed by atoms with van der Waals surface area (Å²) < 4.78 is 0. The van der Waals surface area contributed by atoms with Crippen molar-refractivity contribution in [2.45, 2.75) is 24.4 Å². The quantitative estimate of drug-likeness (QED) is 0.196. The Morgan fingerprint density at radius 2 is 1.00 bits per heavy atom. The van der Waals surface area contributed by atoms with E-state index in [2.05, 4.69) is 100 Å². The topological polar surface area (TPSA) is 175 Å². The summed E-state index contributed by atoms with van der Waals surface area (Å²) in [7, 11) is 1.75. The molecule has 0 unspecified atom stereocenters. The van der Waals surface area contributed by atoms with Crippen LogP contribution in [0.25, 0.3) is 0 Å². The average molecular weight is 492 g/mol. The summed E-state index contributed by atoms with van der Waals surface area (Å²) in [6.45, 7) is 0. The molecule has 0 aromatic heterocycles. The van der Waals surface area contributed by atoms with Crippen LogP contribution in [0.5, 0.6) is 0 Å². The lowest BCUT2D eigenvalue weighted by Gasteiger charge is -2.23. The molecule has 0 aliphatic rings. The maximum Gasteiger partial charge on any atom is 0.335 e. The van der Waals surface area contributed by atoms with E-state index in [4.69, 9.17) is 16.6 Å². The molecule has 0 saturated carbocycles. The number of aliphatic hydroxyl groups excluding tert-OH is 4. The highest BCUT2D eigenvalue weighted by Crippen LogP contribution is 2.05. The predicted octanol–water partition coefficient (Wildman–Crippen LogP) is -0.711. The van der Waals surface area contributed by atoms with Crippen molar-refractivity contribution in [3.8, 4) is 107 Å². The van der Waals surface area contributed by atoms with Crippen molar-refractivity contribution in [3.05, 3.63) is 0 Å². The van der Waals surface area contributed by atoms with Crippen LogP contribution in [-0.4, -0.2) is 68.9 Å². The molecule has 4 atom stereocenters. The van der Waals surface area contributed by atoms with Crippen molar-refractivity contribution in [1.82, 2.24) is 5.32 Å². The van der Waals surface area contributed by atoms with Crippen molar-refractivity contribution in [2.75, 3.05) is 7.05 Å².